The predicted molar refractivity (Wildman–Crippen MR) is 88.5 cm³/mol. The van der Waals surface area contributed by atoms with Crippen LogP contribution >= 0.6 is 0 Å². The zero-order valence-corrected chi connectivity index (χ0v) is 13.8. The first-order valence-corrected chi connectivity index (χ1v) is 8.57. The van der Waals surface area contributed by atoms with Crippen LogP contribution in [0.4, 0.5) is 0 Å². The van der Waals surface area contributed by atoms with Crippen LogP contribution in [0.15, 0.2) is 18.2 Å². The van der Waals surface area contributed by atoms with Crippen molar-refractivity contribution in [3.63, 3.8) is 0 Å². The lowest BCUT2D eigenvalue weighted by molar-refractivity contribution is -0.123. The summed E-state index contributed by atoms with van der Waals surface area (Å²) in [5.74, 6) is 0.942. The van der Waals surface area contributed by atoms with Gasteiger partial charge in [-0.1, -0.05) is 18.6 Å². The highest BCUT2D eigenvalue weighted by Gasteiger charge is 2.21. The Morgan fingerprint density at radius 3 is 3.04 bits per heavy atom. The number of hydrogen-bond donors (Lipinski definition) is 2. The first kappa shape index (κ1) is 16.3. The van der Waals surface area contributed by atoms with Gasteiger partial charge in [-0.15, -0.1) is 0 Å². The molecule has 5 heteroatoms. The third-order valence-electron chi connectivity index (χ3n) is 4.48. The molecule has 2 fully saturated rings. The molecule has 1 aromatic carbocycles. The van der Waals surface area contributed by atoms with Gasteiger partial charge in [0.15, 0.2) is 0 Å². The van der Waals surface area contributed by atoms with Crippen LogP contribution in [0, 0.1) is 6.92 Å². The fourth-order valence-electron chi connectivity index (χ4n) is 3.08. The Labute approximate surface area is 137 Å². The second-order valence-electron chi connectivity index (χ2n) is 6.43. The van der Waals surface area contributed by atoms with E-state index in [1.54, 1.807) is 0 Å². The quantitative estimate of drug-likeness (QED) is 0.871. The summed E-state index contributed by atoms with van der Waals surface area (Å²) < 4.78 is 11.4. The lowest BCUT2D eigenvalue weighted by Gasteiger charge is -2.23. The Morgan fingerprint density at radius 2 is 2.30 bits per heavy atom. The molecule has 23 heavy (non-hydrogen) atoms. The van der Waals surface area contributed by atoms with E-state index < -0.39 is 0 Å². The molecule has 2 heterocycles. The minimum atomic E-state index is -0.0539. The number of benzene rings is 1. The van der Waals surface area contributed by atoms with Gasteiger partial charge >= 0.3 is 0 Å². The minimum absolute atomic E-state index is 0.0539. The number of aryl methyl sites for hydroxylation is 1. The SMILES string of the molecule is Cc1ccc(CNC(=O)C2CCCCN2)c(OC2CCOC2)c1. The molecule has 3 rings (SSSR count). The van der Waals surface area contributed by atoms with Crippen LogP contribution in [0.1, 0.15) is 36.8 Å². The van der Waals surface area contributed by atoms with E-state index in [1.807, 2.05) is 19.1 Å². The third kappa shape index (κ3) is 4.45. The topological polar surface area (TPSA) is 59.6 Å². The number of amides is 1. The molecule has 0 spiro atoms. The van der Waals surface area contributed by atoms with E-state index >= 15 is 0 Å². The van der Waals surface area contributed by atoms with Crippen molar-refractivity contribution in [2.75, 3.05) is 19.8 Å². The normalized spacial score (nSPS) is 24.4. The minimum Gasteiger partial charge on any atom is -0.488 e. The van der Waals surface area contributed by atoms with E-state index in [2.05, 4.69) is 16.7 Å². The summed E-state index contributed by atoms with van der Waals surface area (Å²) in [6.45, 7) is 4.88. The van der Waals surface area contributed by atoms with Gasteiger partial charge in [0.2, 0.25) is 5.91 Å². The van der Waals surface area contributed by atoms with Gasteiger partial charge < -0.3 is 20.1 Å². The summed E-state index contributed by atoms with van der Waals surface area (Å²) >= 11 is 0. The van der Waals surface area contributed by atoms with Crippen molar-refractivity contribution in [1.82, 2.24) is 10.6 Å². The van der Waals surface area contributed by atoms with Crippen molar-refractivity contribution in [2.24, 2.45) is 0 Å². The summed E-state index contributed by atoms with van der Waals surface area (Å²) in [7, 11) is 0. The van der Waals surface area contributed by atoms with Crippen LogP contribution in [0.5, 0.6) is 5.75 Å². The van der Waals surface area contributed by atoms with Gasteiger partial charge in [0.25, 0.3) is 0 Å². The second-order valence-corrected chi connectivity index (χ2v) is 6.43. The second kappa shape index (κ2) is 7.79. The van der Waals surface area contributed by atoms with Gasteiger partial charge in [-0.3, -0.25) is 4.79 Å². The largest absolute Gasteiger partial charge is 0.488 e. The number of carbonyl (C=O) groups excluding carboxylic acids is 1. The molecule has 2 N–H and O–H groups in total. The Hall–Kier alpha value is -1.59. The molecular formula is C18H26N2O3. The summed E-state index contributed by atoms with van der Waals surface area (Å²) in [5, 5.41) is 6.32. The zero-order valence-electron chi connectivity index (χ0n) is 13.8. The van der Waals surface area contributed by atoms with Gasteiger partial charge in [-0.05, 0) is 37.9 Å². The van der Waals surface area contributed by atoms with Gasteiger partial charge in [0, 0.05) is 18.5 Å². The van der Waals surface area contributed by atoms with Crippen LogP contribution in [0.3, 0.4) is 0 Å². The number of piperidine rings is 1. The van der Waals surface area contributed by atoms with Crippen molar-refractivity contribution in [3.05, 3.63) is 29.3 Å². The average molecular weight is 318 g/mol. The van der Waals surface area contributed by atoms with Gasteiger partial charge in [-0.2, -0.15) is 0 Å². The molecule has 2 saturated heterocycles. The van der Waals surface area contributed by atoms with Crippen molar-refractivity contribution < 1.29 is 14.3 Å². The predicted octanol–water partition coefficient (Wildman–Crippen LogP) is 1.92. The fourth-order valence-corrected chi connectivity index (χ4v) is 3.08. The van der Waals surface area contributed by atoms with Gasteiger partial charge in [0.1, 0.15) is 11.9 Å². The molecule has 0 bridgehead atoms. The summed E-state index contributed by atoms with van der Waals surface area (Å²) in [5.41, 5.74) is 2.18. The molecule has 2 aliphatic heterocycles. The Bertz CT molecular complexity index is 535. The molecule has 0 aromatic heterocycles. The fraction of sp³-hybridized carbons (Fsp3) is 0.611. The maximum Gasteiger partial charge on any atom is 0.237 e. The molecule has 5 nitrogen and oxygen atoms in total. The monoisotopic (exact) mass is 318 g/mol. The number of carbonyl (C=O) groups is 1. The zero-order chi connectivity index (χ0) is 16.1. The number of ether oxygens (including phenoxy) is 2. The third-order valence-corrected chi connectivity index (χ3v) is 4.48. The van der Waals surface area contributed by atoms with E-state index in [4.69, 9.17) is 9.47 Å². The smallest absolute Gasteiger partial charge is 0.237 e. The molecule has 126 valence electrons. The van der Waals surface area contributed by atoms with Crippen molar-refractivity contribution in [1.29, 1.82) is 0 Å². The van der Waals surface area contributed by atoms with Crippen LogP contribution in [0.2, 0.25) is 0 Å². The highest BCUT2D eigenvalue weighted by molar-refractivity contribution is 5.81. The maximum atomic E-state index is 12.3. The highest BCUT2D eigenvalue weighted by atomic mass is 16.5. The first-order valence-electron chi connectivity index (χ1n) is 8.57. The first-order chi connectivity index (χ1) is 11.2. The van der Waals surface area contributed by atoms with Crippen LogP contribution < -0.4 is 15.4 Å². The number of hydrogen-bond acceptors (Lipinski definition) is 4. The van der Waals surface area contributed by atoms with E-state index in [0.29, 0.717) is 13.2 Å². The molecule has 0 aliphatic carbocycles. The van der Waals surface area contributed by atoms with Crippen LogP contribution in [0.25, 0.3) is 0 Å². The lowest BCUT2D eigenvalue weighted by Crippen LogP contribution is -2.46. The van der Waals surface area contributed by atoms with Gasteiger partial charge in [0.05, 0.1) is 19.3 Å². The van der Waals surface area contributed by atoms with Crippen LogP contribution in [-0.4, -0.2) is 37.8 Å². The van der Waals surface area contributed by atoms with E-state index in [9.17, 15) is 4.79 Å². The van der Waals surface area contributed by atoms with E-state index in [0.717, 1.165) is 55.7 Å². The molecule has 2 atom stereocenters. The van der Waals surface area contributed by atoms with Crippen molar-refractivity contribution in [2.45, 2.75) is 51.3 Å². The van der Waals surface area contributed by atoms with Gasteiger partial charge in [-0.25, -0.2) is 0 Å². The molecule has 2 aliphatic rings. The molecule has 0 saturated carbocycles. The Morgan fingerprint density at radius 1 is 1.39 bits per heavy atom. The molecule has 0 radical (unpaired) electrons. The number of rotatable bonds is 5. The maximum absolute atomic E-state index is 12.3. The molecule has 1 aromatic rings. The van der Waals surface area contributed by atoms with Crippen molar-refractivity contribution >= 4 is 5.91 Å². The number of nitrogens with one attached hydrogen (secondary N) is 2. The molecule has 2 unspecified atom stereocenters. The Kier molecular flexibility index (Phi) is 5.51. The van der Waals surface area contributed by atoms with E-state index in [-0.39, 0.29) is 18.1 Å². The summed E-state index contributed by atoms with van der Waals surface area (Å²) in [6.07, 6.45) is 4.23. The average Bonchev–Trinajstić information content (AvgIpc) is 3.08. The highest BCUT2D eigenvalue weighted by Crippen LogP contribution is 2.24. The summed E-state index contributed by atoms with van der Waals surface area (Å²) in [6, 6.07) is 6.08. The van der Waals surface area contributed by atoms with Crippen LogP contribution in [-0.2, 0) is 16.1 Å². The van der Waals surface area contributed by atoms with E-state index in [1.165, 1.54) is 0 Å². The summed E-state index contributed by atoms with van der Waals surface area (Å²) in [4.78, 5) is 12.3. The molecular weight excluding hydrogens is 292 g/mol. The standard InChI is InChI=1S/C18H26N2O3/c1-13-5-6-14(17(10-13)23-15-7-9-22-12-15)11-20-18(21)16-4-2-3-8-19-16/h5-6,10,15-16,19H,2-4,7-9,11-12H2,1H3,(H,20,21). The Balaban J connectivity index is 1.60. The lowest BCUT2D eigenvalue weighted by atomic mass is 10.0. The van der Waals surface area contributed by atoms with Crippen molar-refractivity contribution in [3.8, 4) is 5.75 Å². The molecule has 1 amide bonds.